The first-order valence-corrected chi connectivity index (χ1v) is 11.4. The monoisotopic (exact) mass is 518 g/mol. The molecule has 0 fully saturated rings. The van der Waals surface area contributed by atoms with Crippen molar-refractivity contribution in [2.75, 3.05) is 13.7 Å². The Morgan fingerprint density at radius 1 is 1.14 bits per heavy atom. The highest BCUT2D eigenvalue weighted by molar-refractivity contribution is 6.31. The number of nitrogens with zero attached hydrogens (tertiary/aromatic N) is 4. The first kappa shape index (κ1) is 23.4. The lowest BCUT2D eigenvalue weighted by Gasteiger charge is -2.12. The van der Waals surface area contributed by atoms with Crippen LogP contribution in [-0.2, 0) is 0 Å². The van der Waals surface area contributed by atoms with Crippen molar-refractivity contribution in [2.24, 2.45) is 5.10 Å². The Hall–Kier alpha value is -4.32. The molecule has 3 aromatic carbocycles. The van der Waals surface area contributed by atoms with E-state index in [1.165, 1.54) is 13.3 Å². The Kier molecular flexibility index (Phi) is 6.34. The SMILES string of the molecule is COc1cc(Cl)cc(C=Nn2c(-c3cc4cc(Cl)ccc4o3)nc3ccccc3c2=O)c1OCC#N. The lowest BCUT2D eigenvalue weighted by atomic mass is 10.2. The van der Waals surface area contributed by atoms with Crippen molar-refractivity contribution in [3.63, 3.8) is 0 Å². The van der Waals surface area contributed by atoms with Crippen LogP contribution in [0.4, 0.5) is 0 Å². The van der Waals surface area contributed by atoms with E-state index in [2.05, 4.69) is 10.1 Å². The zero-order valence-electron chi connectivity index (χ0n) is 18.7. The molecule has 0 aliphatic rings. The number of aromatic nitrogens is 2. The molecule has 0 radical (unpaired) electrons. The lowest BCUT2D eigenvalue weighted by molar-refractivity contribution is 0.329. The Bertz CT molecular complexity index is 1750. The van der Waals surface area contributed by atoms with Crippen LogP contribution in [0.15, 0.2) is 75.0 Å². The third-order valence-corrected chi connectivity index (χ3v) is 5.77. The molecule has 0 saturated carbocycles. The Balaban J connectivity index is 1.72. The van der Waals surface area contributed by atoms with Crippen LogP contribution >= 0.6 is 23.2 Å². The van der Waals surface area contributed by atoms with Gasteiger partial charge in [-0.1, -0.05) is 35.3 Å². The lowest BCUT2D eigenvalue weighted by Crippen LogP contribution is -2.20. The predicted molar refractivity (Wildman–Crippen MR) is 138 cm³/mol. The average molecular weight is 519 g/mol. The third kappa shape index (κ3) is 4.38. The van der Waals surface area contributed by atoms with Gasteiger partial charge < -0.3 is 13.9 Å². The Morgan fingerprint density at radius 2 is 1.97 bits per heavy atom. The number of hydrogen-bond donors (Lipinski definition) is 0. The highest BCUT2D eigenvalue weighted by Crippen LogP contribution is 2.34. The molecule has 0 aliphatic carbocycles. The van der Waals surface area contributed by atoms with Gasteiger partial charge in [-0.3, -0.25) is 4.79 Å². The summed E-state index contributed by atoms with van der Waals surface area (Å²) in [5.74, 6) is 1.10. The van der Waals surface area contributed by atoms with E-state index in [1.807, 2.05) is 6.07 Å². The number of methoxy groups -OCH3 is 1. The number of halogens is 2. The molecule has 0 N–H and O–H groups in total. The predicted octanol–water partition coefficient (Wildman–Crippen LogP) is 5.91. The van der Waals surface area contributed by atoms with Gasteiger partial charge >= 0.3 is 0 Å². The molecule has 0 amide bonds. The van der Waals surface area contributed by atoms with Gasteiger partial charge in [0.05, 0.1) is 24.2 Å². The molecular formula is C26H16Cl2N4O4. The molecule has 5 rings (SSSR count). The van der Waals surface area contributed by atoms with Gasteiger partial charge in [-0.05, 0) is 42.5 Å². The van der Waals surface area contributed by atoms with Crippen molar-refractivity contribution >= 4 is 51.3 Å². The number of rotatable bonds is 6. The number of hydrogen-bond acceptors (Lipinski definition) is 7. The van der Waals surface area contributed by atoms with Crippen LogP contribution in [0.2, 0.25) is 10.0 Å². The van der Waals surface area contributed by atoms with E-state index in [4.69, 9.17) is 42.4 Å². The van der Waals surface area contributed by atoms with E-state index in [-0.39, 0.29) is 18.2 Å². The fraction of sp³-hybridized carbons (Fsp3) is 0.0769. The van der Waals surface area contributed by atoms with Crippen LogP contribution in [0, 0.1) is 11.3 Å². The molecule has 0 aliphatic heterocycles. The number of ether oxygens (including phenoxy) is 2. The van der Waals surface area contributed by atoms with Crippen molar-refractivity contribution in [2.45, 2.75) is 0 Å². The summed E-state index contributed by atoms with van der Waals surface area (Å²) in [6.45, 7) is -0.219. The molecule has 2 heterocycles. The molecule has 0 spiro atoms. The van der Waals surface area contributed by atoms with Crippen molar-refractivity contribution in [1.29, 1.82) is 5.26 Å². The molecule has 0 bridgehead atoms. The molecule has 178 valence electrons. The third-order valence-electron chi connectivity index (χ3n) is 5.31. The summed E-state index contributed by atoms with van der Waals surface area (Å²) in [6, 6.07) is 19.0. The van der Waals surface area contributed by atoms with Gasteiger partial charge in [-0.25, -0.2) is 4.98 Å². The zero-order chi connectivity index (χ0) is 25.2. The van der Waals surface area contributed by atoms with Gasteiger partial charge in [0, 0.05) is 27.1 Å². The number of fused-ring (bicyclic) bond motifs is 2. The van der Waals surface area contributed by atoms with Crippen LogP contribution in [0.1, 0.15) is 5.56 Å². The number of nitriles is 1. The van der Waals surface area contributed by atoms with E-state index < -0.39 is 5.56 Å². The molecule has 5 aromatic rings. The van der Waals surface area contributed by atoms with Crippen LogP contribution in [0.5, 0.6) is 11.5 Å². The van der Waals surface area contributed by atoms with Crippen LogP contribution in [0.25, 0.3) is 33.5 Å². The zero-order valence-corrected chi connectivity index (χ0v) is 20.2. The van der Waals surface area contributed by atoms with Gasteiger partial charge in [0.15, 0.2) is 23.9 Å². The molecule has 0 unspecified atom stereocenters. The Labute approximate surface area is 214 Å². The topological polar surface area (TPSA) is 103 Å². The summed E-state index contributed by atoms with van der Waals surface area (Å²) in [5.41, 5.74) is 1.07. The molecule has 2 aromatic heterocycles. The minimum Gasteiger partial charge on any atom is -0.493 e. The van der Waals surface area contributed by atoms with Crippen LogP contribution in [0.3, 0.4) is 0 Å². The van der Waals surface area contributed by atoms with E-state index in [0.717, 1.165) is 10.1 Å². The first-order valence-electron chi connectivity index (χ1n) is 10.6. The second kappa shape index (κ2) is 9.74. The number of benzene rings is 3. The van der Waals surface area contributed by atoms with Gasteiger partial charge in [-0.15, -0.1) is 0 Å². The van der Waals surface area contributed by atoms with Crippen LogP contribution < -0.4 is 15.0 Å². The summed E-state index contributed by atoms with van der Waals surface area (Å²) in [4.78, 5) is 18.1. The first-order chi connectivity index (χ1) is 17.5. The Morgan fingerprint density at radius 3 is 2.78 bits per heavy atom. The fourth-order valence-electron chi connectivity index (χ4n) is 3.73. The smallest absolute Gasteiger partial charge is 0.282 e. The van der Waals surface area contributed by atoms with E-state index in [9.17, 15) is 4.79 Å². The standard InChI is InChI=1S/C26H16Cl2N4O4/c1-34-22-13-18(28)11-16(24(22)35-9-8-29)14-30-32-25(31-20-5-3-2-4-19(20)26(32)33)23-12-15-10-17(27)6-7-21(15)36-23/h2-7,10-14H,9H2,1H3. The van der Waals surface area contributed by atoms with Gasteiger partial charge in [0.2, 0.25) is 5.82 Å². The second-order valence-corrected chi connectivity index (χ2v) is 8.45. The largest absolute Gasteiger partial charge is 0.493 e. The quantitative estimate of drug-likeness (QED) is 0.259. The van der Waals surface area contributed by atoms with Gasteiger partial charge in [-0.2, -0.15) is 15.0 Å². The molecule has 0 saturated heterocycles. The van der Waals surface area contributed by atoms with Crippen molar-refractivity contribution in [1.82, 2.24) is 9.66 Å². The van der Waals surface area contributed by atoms with E-state index in [0.29, 0.717) is 43.6 Å². The maximum atomic E-state index is 13.5. The summed E-state index contributed by atoms with van der Waals surface area (Å²) in [7, 11) is 1.45. The van der Waals surface area contributed by atoms with Crippen LogP contribution in [-0.4, -0.2) is 29.6 Å². The van der Waals surface area contributed by atoms with Gasteiger partial charge in [0.1, 0.15) is 11.7 Å². The highest BCUT2D eigenvalue weighted by atomic mass is 35.5. The van der Waals surface area contributed by atoms with Crippen molar-refractivity contribution < 1.29 is 13.9 Å². The van der Waals surface area contributed by atoms with Crippen molar-refractivity contribution in [3.8, 4) is 29.2 Å². The molecule has 36 heavy (non-hydrogen) atoms. The van der Waals surface area contributed by atoms with Gasteiger partial charge in [0.25, 0.3) is 5.56 Å². The average Bonchev–Trinajstić information content (AvgIpc) is 3.30. The highest BCUT2D eigenvalue weighted by Gasteiger charge is 2.17. The fourth-order valence-corrected chi connectivity index (χ4v) is 4.13. The molecule has 0 atom stereocenters. The molecule has 8 nitrogen and oxygen atoms in total. The molecular weight excluding hydrogens is 503 g/mol. The minimum atomic E-state index is -0.404. The molecule has 10 heteroatoms. The maximum absolute atomic E-state index is 13.5. The number of para-hydroxylation sites is 1. The summed E-state index contributed by atoms with van der Waals surface area (Å²) in [6.07, 6.45) is 1.39. The maximum Gasteiger partial charge on any atom is 0.282 e. The summed E-state index contributed by atoms with van der Waals surface area (Å²) < 4.78 is 18.0. The van der Waals surface area contributed by atoms with E-state index >= 15 is 0 Å². The normalized spacial score (nSPS) is 11.3. The number of furan rings is 1. The van der Waals surface area contributed by atoms with Crippen molar-refractivity contribution in [3.05, 3.63) is 86.6 Å². The van der Waals surface area contributed by atoms with E-state index in [1.54, 1.807) is 60.7 Å². The summed E-state index contributed by atoms with van der Waals surface area (Å²) >= 11 is 12.4. The second-order valence-electron chi connectivity index (χ2n) is 7.58. The summed E-state index contributed by atoms with van der Waals surface area (Å²) in [5, 5.41) is 15.4. The minimum absolute atomic E-state index is 0.191.